The van der Waals surface area contributed by atoms with Gasteiger partial charge in [-0.15, -0.1) is 22.7 Å². The maximum atomic E-state index is 5.52. The third-order valence-electron chi connectivity index (χ3n) is 10.8. The molecule has 0 unspecified atom stereocenters. The molecule has 0 N–H and O–H groups in total. The van der Waals surface area contributed by atoms with E-state index in [9.17, 15) is 0 Å². The van der Waals surface area contributed by atoms with Gasteiger partial charge in [0.1, 0.15) is 0 Å². The highest BCUT2D eigenvalue weighted by Gasteiger charge is 2.46. The summed E-state index contributed by atoms with van der Waals surface area (Å²) in [6, 6.07) is 66.0. The first-order valence-corrected chi connectivity index (χ1v) is 19.5. The van der Waals surface area contributed by atoms with Crippen LogP contribution in [-0.4, -0.2) is 9.97 Å². The molecule has 0 aliphatic heterocycles. The molecule has 53 heavy (non-hydrogen) atoms. The Bertz CT molecular complexity index is 2940. The lowest BCUT2D eigenvalue weighted by Crippen LogP contribution is -2.28. The SMILES string of the molecule is c1ccc(C2(c3ccccc3)c3ccccc3-c3c(-c4cc(-c5cc6ccccc6s5)nc(-c5cccc6c5sc5ccccc56)n4)cccc32)cc1. The summed E-state index contributed by atoms with van der Waals surface area (Å²) in [7, 11) is 0. The van der Waals surface area contributed by atoms with E-state index in [1.807, 2.05) is 11.3 Å². The highest BCUT2D eigenvalue weighted by Crippen LogP contribution is 2.58. The number of hydrogen-bond donors (Lipinski definition) is 0. The highest BCUT2D eigenvalue weighted by atomic mass is 32.1. The third-order valence-corrected chi connectivity index (χ3v) is 13.2. The zero-order valence-electron chi connectivity index (χ0n) is 28.5. The van der Waals surface area contributed by atoms with Crippen LogP contribution >= 0.6 is 22.7 Å². The molecule has 0 saturated heterocycles. The molecule has 3 aromatic heterocycles. The lowest BCUT2D eigenvalue weighted by Gasteiger charge is -2.33. The minimum atomic E-state index is -0.489. The van der Waals surface area contributed by atoms with Gasteiger partial charge < -0.3 is 0 Å². The number of thiophene rings is 2. The van der Waals surface area contributed by atoms with Crippen LogP contribution in [0.2, 0.25) is 0 Å². The molecule has 0 spiro atoms. The van der Waals surface area contributed by atoms with E-state index in [4.69, 9.17) is 9.97 Å². The Morgan fingerprint density at radius 1 is 0.415 bits per heavy atom. The van der Waals surface area contributed by atoms with Crippen molar-refractivity contribution in [2.45, 2.75) is 5.41 Å². The van der Waals surface area contributed by atoms with Gasteiger partial charge in [-0.1, -0.05) is 152 Å². The van der Waals surface area contributed by atoms with Gasteiger partial charge in [0.2, 0.25) is 0 Å². The Morgan fingerprint density at radius 3 is 1.83 bits per heavy atom. The van der Waals surface area contributed by atoms with Crippen molar-refractivity contribution in [3.05, 3.63) is 204 Å². The van der Waals surface area contributed by atoms with Crippen LogP contribution in [0.1, 0.15) is 22.3 Å². The number of aromatic nitrogens is 2. The van der Waals surface area contributed by atoms with Crippen molar-refractivity contribution in [1.29, 1.82) is 0 Å². The largest absolute Gasteiger partial charge is 0.228 e. The quantitative estimate of drug-likeness (QED) is 0.178. The summed E-state index contributed by atoms with van der Waals surface area (Å²) in [6.07, 6.45) is 0. The predicted octanol–water partition coefficient (Wildman–Crippen LogP) is 13.4. The average molecular weight is 711 g/mol. The normalized spacial score (nSPS) is 13.1. The molecule has 0 bridgehead atoms. The van der Waals surface area contributed by atoms with Gasteiger partial charge in [0, 0.05) is 36.0 Å². The van der Waals surface area contributed by atoms with Crippen molar-refractivity contribution in [2.75, 3.05) is 0 Å². The van der Waals surface area contributed by atoms with Crippen molar-refractivity contribution in [1.82, 2.24) is 9.97 Å². The molecule has 2 nitrogen and oxygen atoms in total. The van der Waals surface area contributed by atoms with Crippen molar-refractivity contribution in [3.8, 4) is 44.3 Å². The van der Waals surface area contributed by atoms with E-state index in [2.05, 4.69) is 182 Å². The Hall–Kier alpha value is -6.20. The van der Waals surface area contributed by atoms with Crippen molar-refractivity contribution in [2.24, 2.45) is 0 Å². The van der Waals surface area contributed by atoms with Crippen molar-refractivity contribution in [3.63, 3.8) is 0 Å². The van der Waals surface area contributed by atoms with Crippen LogP contribution < -0.4 is 0 Å². The molecular formula is C49H30N2S2. The van der Waals surface area contributed by atoms with Gasteiger partial charge in [0.15, 0.2) is 5.82 Å². The first-order valence-electron chi connectivity index (χ1n) is 17.9. The lowest BCUT2D eigenvalue weighted by atomic mass is 9.67. The van der Waals surface area contributed by atoms with Gasteiger partial charge in [-0.25, -0.2) is 9.97 Å². The van der Waals surface area contributed by atoms with Crippen LogP contribution in [0, 0.1) is 0 Å². The summed E-state index contributed by atoms with van der Waals surface area (Å²) in [5.74, 6) is 0.744. The van der Waals surface area contributed by atoms with E-state index < -0.39 is 5.41 Å². The molecule has 10 aromatic rings. The lowest BCUT2D eigenvalue weighted by molar-refractivity contribution is 0.768. The standard InChI is InChI=1S/C49H30N2S2/c1-3-16-32(17-4-1)49(33-18-5-2-6-19-33)39-25-10-8-21-36(39)46-37(23-14-26-40(46)49)41-30-42(45-29-31-15-7-11-27-43(31)52-45)51-48(50-41)38-24-13-22-35-34-20-9-12-28-44(34)53-47(35)38/h1-30H. The minimum absolute atomic E-state index is 0.489. The molecule has 11 rings (SSSR count). The summed E-state index contributed by atoms with van der Waals surface area (Å²) in [4.78, 5) is 12.0. The fourth-order valence-corrected chi connectivity index (χ4v) is 10.8. The zero-order chi connectivity index (χ0) is 34.9. The maximum Gasteiger partial charge on any atom is 0.161 e. The fraction of sp³-hybridized carbons (Fsp3) is 0.0204. The molecule has 1 aliphatic rings. The van der Waals surface area contributed by atoms with E-state index in [-0.39, 0.29) is 0 Å². The van der Waals surface area contributed by atoms with Gasteiger partial charge >= 0.3 is 0 Å². The van der Waals surface area contributed by atoms with Gasteiger partial charge in [-0.3, -0.25) is 0 Å². The average Bonchev–Trinajstić information content (AvgIpc) is 3.92. The summed E-state index contributed by atoms with van der Waals surface area (Å²) in [6.45, 7) is 0. The molecule has 0 saturated carbocycles. The van der Waals surface area contributed by atoms with E-state index in [0.29, 0.717) is 0 Å². The predicted molar refractivity (Wildman–Crippen MR) is 224 cm³/mol. The molecule has 0 amide bonds. The Balaban J connectivity index is 1.22. The number of hydrogen-bond acceptors (Lipinski definition) is 4. The minimum Gasteiger partial charge on any atom is -0.228 e. The second-order valence-electron chi connectivity index (χ2n) is 13.6. The van der Waals surface area contributed by atoms with Crippen LogP contribution in [0.5, 0.6) is 0 Å². The van der Waals surface area contributed by atoms with Crippen molar-refractivity contribution >= 4 is 52.9 Å². The highest BCUT2D eigenvalue weighted by molar-refractivity contribution is 7.26. The van der Waals surface area contributed by atoms with Crippen LogP contribution in [0.4, 0.5) is 0 Å². The monoisotopic (exact) mass is 710 g/mol. The molecule has 0 radical (unpaired) electrons. The van der Waals surface area contributed by atoms with Crippen LogP contribution in [0.15, 0.2) is 182 Å². The van der Waals surface area contributed by atoms with Gasteiger partial charge in [-0.2, -0.15) is 0 Å². The number of benzene rings is 7. The topological polar surface area (TPSA) is 25.8 Å². The second kappa shape index (κ2) is 11.9. The molecule has 7 aromatic carbocycles. The van der Waals surface area contributed by atoms with E-state index in [1.54, 1.807) is 11.3 Å². The second-order valence-corrected chi connectivity index (χ2v) is 15.8. The van der Waals surface area contributed by atoms with Crippen LogP contribution in [0.25, 0.3) is 74.6 Å². The molecular weight excluding hydrogens is 681 g/mol. The van der Waals surface area contributed by atoms with E-state index >= 15 is 0 Å². The van der Waals surface area contributed by atoms with Crippen LogP contribution in [-0.2, 0) is 5.41 Å². The summed E-state index contributed by atoms with van der Waals surface area (Å²) in [5.41, 5.74) is 11.1. The van der Waals surface area contributed by atoms with E-state index in [0.717, 1.165) is 33.2 Å². The van der Waals surface area contributed by atoms with Gasteiger partial charge in [0.25, 0.3) is 0 Å². The maximum absolute atomic E-state index is 5.52. The first-order chi connectivity index (χ1) is 26.3. The summed E-state index contributed by atoms with van der Waals surface area (Å²) >= 11 is 3.60. The molecule has 3 heterocycles. The summed E-state index contributed by atoms with van der Waals surface area (Å²) < 4.78 is 3.73. The van der Waals surface area contributed by atoms with Crippen molar-refractivity contribution < 1.29 is 0 Å². The first kappa shape index (κ1) is 30.4. The Labute approximate surface area is 315 Å². The number of nitrogens with zero attached hydrogens (tertiary/aromatic N) is 2. The van der Waals surface area contributed by atoms with Gasteiger partial charge in [0.05, 0.1) is 21.7 Å². The smallest absolute Gasteiger partial charge is 0.161 e. The molecule has 4 heteroatoms. The van der Waals surface area contributed by atoms with Gasteiger partial charge in [-0.05, 0) is 69.1 Å². The summed E-state index contributed by atoms with van der Waals surface area (Å²) in [5, 5.41) is 3.74. The molecule has 1 aliphatic carbocycles. The Kier molecular flexibility index (Phi) is 6.85. The number of fused-ring (bicyclic) bond motifs is 7. The van der Waals surface area contributed by atoms with Crippen LogP contribution in [0.3, 0.4) is 0 Å². The molecule has 248 valence electrons. The fourth-order valence-electron chi connectivity index (χ4n) is 8.57. The molecule has 0 fully saturated rings. The Morgan fingerprint density at radius 2 is 1.02 bits per heavy atom. The zero-order valence-corrected chi connectivity index (χ0v) is 30.2. The third kappa shape index (κ3) is 4.56. The number of rotatable bonds is 5. The van der Waals surface area contributed by atoms with E-state index in [1.165, 1.54) is 63.6 Å². The molecule has 0 atom stereocenters.